The van der Waals surface area contributed by atoms with E-state index in [9.17, 15) is 0 Å². The lowest BCUT2D eigenvalue weighted by Gasteiger charge is -2.18. The maximum absolute atomic E-state index is 8.97. The smallest absolute Gasteiger partial charge is 0.165 e. The first-order chi connectivity index (χ1) is 9.57. The topological polar surface area (TPSA) is 51.8 Å². The number of fused-ring (bicyclic) bond motifs is 1. The lowest BCUT2D eigenvalue weighted by atomic mass is 10.0. The zero-order valence-corrected chi connectivity index (χ0v) is 11.7. The molecule has 2 aromatic rings. The highest BCUT2D eigenvalue weighted by Crippen LogP contribution is 2.41. The monoisotopic (exact) mass is 274 g/mol. The van der Waals surface area contributed by atoms with Crippen LogP contribution in [0.5, 0.6) is 11.5 Å². The second kappa shape index (κ2) is 4.87. The van der Waals surface area contributed by atoms with Crippen LogP contribution in [-0.4, -0.2) is 10.7 Å². The van der Waals surface area contributed by atoms with E-state index in [1.165, 1.54) is 5.56 Å². The molecule has 4 nitrogen and oxygen atoms in total. The van der Waals surface area contributed by atoms with Gasteiger partial charge in [0.15, 0.2) is 11.5 Å². The van der Waals surface area contributed by atoms with Crippen molar-refractivity contribution in [2.24, 2.45) is 0 Å². The first-order valence-electron chi connectivity index (χ1n) is 6.69. The summed E-state index contributed by atoms with van der Waals surface area (Å²) in [6.07, 6.45) is 0.884. The molecule has 0 amide bonds. The van der Waals surface area contributed by atoms with E-state index in [0.717, 1.165) is 17.9 Å². The lowest BCUT2D eigenvalue weighted by molar-refractivity contribution is 0.130. The van der Waals surface area contributed by atoms with Crippen molar-refractivity contribution in [3.63, 3.8) is 0 Å². The molecule has 0 atom stereocenters. The Morgan fingerprint density at radius 3 is 2.75 bits per heavy atom. The summed E-state index contributed by atoms with van der Waals surface area (Å²) in [7, 11) is 0. The minimum Gasteiger partial charge on any atom is -0.483 e. The van der Waals surface area contributed by atoms with Gasteiger partial charge in [0.2, 0.25) is 0 Å². The second-order valence-electron chi connectivity index (χ2n) is 5.60. The van der Waals surface area contributed by atoms with E-state index in [2.05, 4.69) is 19.9 Å². The Kier molecular flexibility index (Phi) is 3.18. The normalized spacial score (nSPS) is 15.8. The molecule has 4 heteroatoms. The molecule has 0 spiro atoms. The Balaban J connectivity index is 1.75. The van der Waals surface area contributed by atoms with Gasteiger partial charge in [-0.3, -0.25) is 0 Å². The molecule has 3 rings (SSSR count). The molecule has 1 aromatic carbocycles. The van der Waals surface area contributed by atoms with Gasteiger partial charge in [-0.1, -0.05) is 12.1 Å². The molecular formula is C16H18O4. The van der Waals surface area contributed by atoms with Crippen LogP contribution in [0.1, 0.15) is 30.9 Å². The molecule has 0 unspecified atom stereocenters. The van der Waals surface area contributed by atoms with Crippen LogP contribution in [0.2, 0.25) is 0 Å². The van der Waals surface area contributed by atoms with Gasteiger partial charge in [-0.25, -0.2) is 0 Å². The number of aliphatic hydroxyl groups is 1. The van der Waals surface area contributed by atoms with Gasteiger partial charge in [0, 0.05) is 12.0 Å². The molecule has 0 aliphatic carbocycles. The fraction of sp³-hybridized carbons (Fsp3) is 0.375. The number of hydrogen-bond acceptors (Lipinski definition) is 4. The summed E-state index contributed by atoms with van der Waals surface area (Å²) in [5.41, 5.74) is 0.985. The molecule has 1 aliphatic rings. The average Bonchev–Trinajstić information content (AvgIpc) is 2.98. The van der Waals surface area contributed by atoms with Gasteiger partial charge in [0.1, 0.15) is 30.3 Å². The molecule has 1 aliphatic heterocycles. The Hall–Kier alpha value is -1.94. The Bertz CT molecular complexity index is 613. The van der Waals surface area contributed by atoms with Crippen LogP contribution >= 0.6 is 0 Å². The van der Waals surface area contributed by atoms with Gasteiger partial charge in [0.25, 0.3) is 0 Å². The first-order valence-corrected chi connectivity index (χ1v) is 6.69. The van der Waals surface area contributed by atoms with Crippen molar-refractivity contribution in [3.8, 4) is 11.5 Å². The molecule has 0 bridgehead atoms. The van der Waals surface area contributed by atoms with Crippen LogP contribution in [-0.2, 0) is 19.6 Å². The minimum atomic E-state index is -0.184. The predicted molar refractivity (Wildman–Crippen MR) is 73.8 cm³/mol. The molecule has 1 aromatic heterocycles. The highest BCUT2D eigenvalue weighted by Gasteiger charge is 2.32. The maximum atomic E-state index is 8.97. The van der Waals surface area contributed by atoms with Gasteiger partial charge in [0.05, 0.1) is 0 Å². The van der Waals surface area contributed by atoms with E-state index in [4.69, 9.17) is 19.0 Å². The largest absolute Gasteiger partial charge is 0.483 e. The molecule has 1 N–H and O–H groups in total. The van der Waals surface area contributed by atoms with Gasteiger partial charge in [-0.15, -0.1) is 0 Å². The van der Waals surface area contributed by atoms with Crippen LogP contribution in [0.3, 0.4) is 0 Å². The summed E-state index contributed by atoms with van der Waals surface area (Å²) in [5.74, 6) is 2.78. The molecule has 2 heterocycles. The predicted octanol–water partition coefficient (Wildman–Crippen LogP) is 3.06. The standard InChI is InChI=1S/C16H18O4/c1-16(2)8-11-4-3-5-14(15(11)20-16)18-10-13-7-6-12(9-17)19-13/h3-7,17H,8-10H2,1-2H3. The third-order valence-corrected chi connectivity index (χ3v) is 3.30. The number of para-hydroxylation sites is 1. The van der Waals surface area contributed by atoms with E-state index in [1.807, 2.05) is 12.1 Å². The zero-order chi connectivity index (χ0) is 14.2. The number of ether oxygens (including phenoxy) is 2. The fourth-order valence-electron chi connectivity index (χ4n) is 2.43. The number of hydrogen-bond donors (Lipinski definition) is 1. The number of furan rings is 1. The van der Waals surface area contributed by atoms with Crippen LogP contribution in [0.15, 0.2) is 34.7 Å². The molecule has 0 radical (unpaired) electrons. The van der Waals surface area contributed by atoms with E-state index in [0.29, 0.717) is 18.1 Å². The third-order valence-electron chi connectivity index (χ3n) is 3.30. The van der Waals surface area contributed by atoms with Crippen molar-refractivity contribution in [3.05, 3.63) is 47.4 Å². The van der Waals surface area contributed by atoms with Crippen molar-refractivity contribution in [1.82, 2.24) is 0 Å². The van der Waals surface area contributed by atoms with Crippen LogP contribution in [0.25, 0.3) is 0 Å². The highest BCUT2D eigenvalue weighted by atomic mass is 16.5. The van der Waals surface area contributed by atoms with Crippen LogP contribution in [0, 0.1) is 0 Å². The number of rotatable bonds is 4. The van der Waals surface area contributed by atoms with Gasteiger partial charge in [-0.2, -0.15) is 0 Å². The van der Waals surface area contributed by atoms with E-state index < -0.39 is 0 Å². The molecule has 0 saturated carbocycles. The van der Waals surface area contributed by atoms with Gasteiger partial charge in [-0.05, 0) is 32.0 Å². The Morgan fingerprint density at radius 1 is 1.20 bits per heavy atom. The van der Waals surface area contributed by atoms with E-state index >= 15 is 0 Å². The van der Waals surface area contributed by atoms with Crippen molar-refractivity contribution >= 4 is 0 Å². The SMILES string of the molecule is CC1(C)Cc2cccc(OCc3ccc(CO)o3)c2O1. The Morgan fingerprint density at radius 2 is 2.00 bits per heavy atom. The summed E-state index contributed by atoms with van der Waals surface area (Å²) >= 11 is 0. The van der Waals surface area contributed by atoms with Crippen LogP contribution < -0.4 is 9.47 Å². The zero-order valence-electron chi connectivity index (χ0n) is 11.7. The summed E-state index contributed by atoms with van der Waals surface area (Å²) in [6, 6.07) is 9.48. The van der Waals surface area contributed by atoms with E-state index in [1.54, 1.807) is 12.1 Å². The third kappa shape index (κ3) is 2.51. The summed E-state index contributed by atoms with van der Waals surface area (Å²) in [4.78, 5) is 0. The molecule has 0 saturated heterocycles. The average molecular weight is 274 g/mol. The van der Waals surface area contributed by atoms with Gasteiger partial charge < -0.3 is 19.0 Å². The lowest BCUT2D eigenvalue weighted by Crippen LogP contribution is -2.24. The molecule has 106 valence electrons. The summed E-state index contributed by atoms with van der Waals surface area (Å²) in [6.45, 7) is 4.35. The van der Waals surface area contributed by atoms with E-state index in [-0.39, 0.29) is 12.2 Å². The van der Waals surface area contributed by atoms with Crippen LogP contribution in [0.4, 0.5) is 0 Å². The van der Waals surface area contributed by atoms with Crippen molar-refractivity contribution < 1.29 is 19.0 Å². The van der Waals surface area contributed by atoms with Gasteiger partial charge >= 0.3 is 0 Å². The number of aliphatic hydroxyl groups excluding tert-OH is 1. The second-order valence-corrected chi connectivity index (χ2v) is 5.60. The molecular weight excluding hydrogens is 256 g/mol. The van der Waals surface area contributed by atoms with Crippen molar-refractivity contribution in [2.45, 2.75) is 39.1 Å². The quantitative estimate of drug-likeness (QED) is 0.931. The van der Waals surface area contributed by atoms with Crippen molar-refractivity contribution in [1.29, 1.82) is 0 Å². The summed E-state index contributed by atoms with van der Waals surface area (Å²) in [5, 5.41) is 8.97. The fourth-order valence-corrected chi connectivity index (χ4v) is 2.43. The molecule has 20 heavy (non-hydrogen) atoms. The van der Waals surface area contributed by atoms with Crippen molar-refractivity contribution in [2.75, 3.05) is 0 Å². The molecule has 0 fully saturated rings. The first kappa shape index (κ1) is 13.1. The summed E-state index contributed by atoms with van der Waals surface area (Å²) < 4.78 is 17.1. The number of benzene rings is 1. The minimum absolute atomic E-state index is 0.0992. The Labute approximate surface area is 117 Å². The maximum Gasteiger partial charge on any atom is 0.165 e. The highest BCUT2D eigenvalue weighted by molar-refractivity contribution is 5.50.